The van der Waals surface area contributed by atoms with E-state index in [2.05, 4.69) is 15.1 Å². The summed E-state index contributed by atoms with van der Waals surface area (Å²) >= 11 is 1.44. The van der Waals surface area contributed by atoms with Crippen LogP contribution >= 0.6 is 11.8 Å². The molecule has 1 aromatic carbocycles. The summed E-state index contributed by atoms with van der Waals surface area (Å²) in [6.07, 6.45) is 0. The van der Waals surface area contributed by atoms with Gasteiger partial charge in [-0.15, -0.1) is 5.10 Å². The third-order valence-corrected chi connectivity index (χ3v) is 3.81. The summed E-state index contributed by atoms with van der Waals surface area (Å²) in [4.78, 5) is 18.3. The van der Waals surface area contributed by atoms with E-state index in [1.807, 2.05) is 30.3 Å². The molecule has 2 aromatic heterocycles. The van der Waals surface area contributed by atoms with Crippen molar-refractivity contribution in [2.24, 2.45) is 0 Å². The molecule has 0 aliphatic heterocycles. The molecule has 0 aliphatic rings. The molecule has 0 unspecified atom stereocenters. The lowest BCUT2D eigenvalue weighted by atomic mass is 10.2. The van der Waals surface area contributed by atoms with E-state index in [1.54, 1.807) is 0 Å². The Morgan fingerprint density at radius 2 is 2.10 bits per heavy atom. The Kier molecular flexibility index (Phi) is 3.19. The molecule has 0 fully saturated rings. The fourth-order valence-corrected chi connectivity index (χ4v) is 2.54. The summed E-state index contributed by atoms with van der Waals surface area (Å²) in [6, 6.07) is 9.95. The van der Waals surface area contributed by atoms with Gasteiger partial charge in [-0.1, -0.05) is 42.1 Å². The Hall–Kier alpha value is -2.28. The molecule has 3 rings (SSSR count). The third kappa shape index (κ3) is 2.27. The van der Waals surface area contributed by atoms with Gasteiger partial charge in [0, 0.05) is 5.75 Å². The number of aromatic hydroxyl groups is 1. The van der Waals surface area contributed by atoms with Crippen molar-refractivity contribution in [3.05, 3.63) is 51.8 Å². The summed E-state index contributed by atoms with van der Waals surface area (Å²) in [5.41, 5.74) is 1.02. The lowest BCUT2D eigenvalue weighted by molar-refractivity contribution is 0.428. The summed E-state index contributed by atoms with van der Waals surface area (Å²) in [6.45, 7) is 1.53. The van der Waals surface area contributed by atoms with Crippen LogP contribution < -0.4 is 5.56 Å². The van der Waals surface area contributed by atoms with Gasteiger partial charge >= 0.3 is 0 Å². The molecule has 0 saturated heterocycles. The second-order valence-corrected chi connectivity index (χ2v) is 5.25. The summed E-state index contributed by atoms with van der Waals surface area (Å²) in [5.74, 6) is 0.790. The Morgan fingerprint density at radius 1 is 1.35 bits per heavy atom. The van der Waals surface area contributed by atoms with Crippen LogP contribution in [0, 0.1) is 6.92 Å². The molecular weight excluding hydrogens is 276 g/mol. The number of thioether (sulfide) groups is 1. The number of aromatic amines is 1. The molecule has 0 radical (unpaired) electrons. The van der Waals surface area contributed by atoms with Crippen LogP contribution in [0.25, 0.3) is 5.78 Å². The standard InChI is InChI=1S/C13H12N4O2S/c1-8-10(18)14-12-15-13(16-17(12)11(8)19)20-7-9-5-3-2-4-6-9/h2-6,19H,7H2,1H3,(H,14,15,16,18). The van der Waals surface area contributed by atoms with Crippen molar-refractivity contribution in [1.82, 2.24) is 19.6 Å². The number of hydrogen-bond acceptors (Lipinski definition) is 5. The first-order valence-corrected chi connectivity index (χ1v) is 6.99. The molecule has 20 heavy (non-hydrogen) atoms. The number of benzene rings is 1. The van der Waals surface area contributed by atoms with Gasteiger partial charge < -0.3 is 5.11 Å². The van der Waals surface area contributed by atoms with Crippen molar-refractivity contribution in [3.8, 4) is 5.88 Å². The largest absolute Gasteiger partial charge is 0.493 e. The molecule has 0 atom stereocenters. The fourth-order valence-electron chi connectivity index (χ4n) is 1.76. The molecule has 0 saturated carbocycles. The van der Waals surface area contributed by atoms with Crippen molar-refractivity contribution < 1.29 is 5.11 Å². The van der Waals surface area contributed by atoms with Gasteiger partial charge in [-0.05, 0) is 12.5 Å². The van der Waals surface area contributed by atoms with Crippen LogP contribution in [0.5, 0.6) is 5.88 Å². The van der Waals surface area contributed by atoms with Gasteiger partial charge in [0.25, 0.3) is 5.56 Å². The quantitative estimate of drug-likeness (QED) is 0.717. The predicted octanol–water partition coefficient (Wildman–Crippen LogP) is 1.72. The zero-order valence-electron chi connectivity index (χ0n) is 10.7. The highest BCUT2D eigenvalue weighted by atomic mass is 32.2. The number of fused-ring (bicyclic) bond motifs is 1. The average Bonchev–Trinajstić information content (AvgIpc) is 2.87. The Balaban J connectivity index is 1.90. The molecule has 0 bridgehead atoms. The average molecular weight is 288 g/mol. The maximum atomic E-state index is 11.5. The molecule has 3 aromatic rings. The van der Waals surface area contributed by atoms with Crippen LogP contribution in [0.4, 0.5) is 0 Å². The van der Waals surface area contributed by atoms with Crippen molar-refractivity contribution in [1.29, 1.82) is 0 Å². The van der Waals surface area contributed by atoms with Gasteiger partial charge in [-0.2, -0.15) is 9.50 Å². The second-order valence-electron chi connectivity index (χ2n) is 4.31. The van der Waals surface area contributed by atoms with Gasteiger partial charge in [0.15, 0.2) is 0 Å². The lowest BCUT2D eigenvalue weighted by Crippen LogP contribution is -2.12. The zero-order chi connectivity index (χ0) is 14.1. The minimum atomic E-state index is -0.359. The van der Waals surface area contributed by atoms with Gasteiger partial charge in [0.05, 0.1) is 5.56 Å². The topological polar surface area (TPSA) is 83.3 Å². The van der Waals surface area contributed by atoms with E-state index < -0.39 is 0 Å². The summed E-state index contributed by atoms with van der Waals surface area (Å²) < 4.78 is 1.24. The minimum absolute atomic E-state index is 0.178. The monoisotopic (exact) mass is 288 g/mol. The first-order valence-electron chi connectivity index (χ1n) is 6.00. The van der Waals surface area contributed by atoms with Gasteiger partial charge in [0.1, 0.15) is 0 Å². The first-order chi connectivity index (χ1) is 9.65. The van der Waals surface area contributed by atoms with Gasteiger partial charge in [-0.25, -0.2) is 0 Å². The highest BCUT2D eigenvalue weighted by Gasteiger charge is 2.12. The number of nitrogens with zero attached hydrogens (tertiary/aromatic N) is 3. The smallest absolute Gasteiger partial charge is 0.259 e. The van der Waals surface area contributed by atoms with Crippen LogP contribution in [0.1, 0.15) is 11.1 Å². The van der Waals surface area contributed by atoms with E-state index in [0.29, 0.717) is 5.16 Å². The SMILES string of the molecule is Cc1c(O)n2nc(SCc3ccccc3)nc2[nH]c1=O. The van der Waals surface area contributed by atoms with Crippen molar-refractivity contribution in [3.63, 3.8) is 0 Å². The molecule has 0 spiro atoms. The van der Waals surface area contributed by atoms with Crippen LogP contribution in [0.3, 0.4) is 0 Å². The van der Waals surface area contributed by atoms with Crippen LogP contribution in [-0.4, -0.2) is 24.7 Å². The molecule has 2 N–H and O–H groups in total. The van der Waals surface area contributed by atoms with Gasteiger partial charge in [-0.3, -0.25) is 9.78 Å². The molecule has 102 valence electrons. The fraction of sp³-hybridized carbons (Fsp3) is 0.154. The number of nitrogens with one attached hydrogen (secondary N) is 1. The van der Waals surface area contributed by atoms with Crippen LogP contribution in [0.2, 0.25) is 0 Å². The molecule has 2 heterocycles. The number of H-pyrrole nitrogens is 1. The lowest BCUT2D eigenvalue weighted by Gasteiger charge is -1.98. The molecule has 6 nitrogen and oxygen atoms in total. The van der Waals surface area contributed by atoms with Gasteiger partial charge in [0.2, 0.25) is 16.8 Å². The van der Waals surface area contributed by atoms with E-state index >= 15 is 0 Å². The van der Waals surface area contributed by atoms with Crippen molar-refractivity contribution >= 4 is 17.5 Å². The normalized spacial score (nSPS) is 11.1. The zero-order valence-corrected chi connectivity index (χ0v) is 11.5. The number of rotatable bonds is 3. The first kappa shape index (κ1) is 12.7. The highest BCUT2D eigenvalue weighted by molar-refractivity contribution is 7.98. The molecule has 0 aliphatic carbocycles. The van der Waals surface area contributed by atoms with E-state index in [0.717, 1.165) is 11.3 Å². The maximum Gasteiger partial charge on any atom is 0.259 e. The van der Waals surface area contributed by atoms with E-state index in [4.69, 9.17) is 0 Å². The third-order valence-electron chi connectivity index (χ3n) is 2.90. The summed E-state index contributed by atoms with van der Waals surface area (Å²) in [7, 11) is 0. The molecule has 7 heteroatoms. The van der Waals surface area contributed by atoms with Crippen LogP contribution in [-0.2, 0) is 5.75 Å². The Morgan fingerprint density at radius 3 is 2.85 bits per heavy atom. The van der Waals surface area contributed by atoms with E-state index in [1.165, 1.54) is 23.2 Å². The maximum absolute atomic E-state index is 11.5. The Labute approximate surface area is 118 Å². The Bertz CT molecular complexity index is 810. The van der Waals surface area contributed by atoms with Crippen molar-refractivity contribution in [2.75, 3.05) is 0 Å². The van der Waals surface area contributed by atoms with E-state index in [-0.39, 0.29) is 22.8 Å². The van der Waals surface area contributed by atoms with Crippen molar-refractivity contribution in [2.45, 2.75) is 17.8 Å². The molecular formula is C13H12N4O2S. The predicted molar refractivity (Wildman–Crippen MR) is 76.0 cm³/mol. The van der Waals surface area contributed by atoms with E-state index in [9.17, 15) is 9.90 Å². The minimum Gasteiger partial charge on any atom is -0.493 e. The number of hydrogen-bond donors (Lipinski definition) is 2. The number of aromatic nitrogens is 4. The van der Waals surface area contributed by atoms with Crippen LogP contribution in [0.15, 0.2) is 40.3 Å². The summed E-state index contributed by atoms with van der Waals surface area (Å²) in [5, 5.41) is 14.6. The molecule has 0 amide bonds. The second kappa shape index (κ2) is 5.01. The highest BCUT2D eigenvalue weighted by Crippen LogP contribution is 2.21.